The van der Waals surface area contributed by atoms with Crippen LogP contribution in [0, 0.1) is 0 Å². The summed E-state index contributed by atoms with van der Waals surface area (Å²) in [6.07, 6.45) is -0.576. The fourth-order valence-electron chi connectivity index (χ4n) is 1.77. The first-order valence-electron chi connectivity index (χ1n) is 6.46. The molecule has 110 valence electrons. The molecule has 0 N–H and O–H groups in total. The maximum absolute atomic E-state index is 13.0. The van der Waals surface area contributed by atoms with Crippen LogP contribution in [0.5, 0.6) is 0 Å². The van der Waals surface area contributed by atoms with Crippen LogP contribution in [0.15, 0.2) is 30.3 Å². The summed E-state index contributed by atoms with van der Waals surface area (Å²) in [4.78, 5) is 23.2. The molecule has 0 unspecified atom stereocenters. The zero-order valence-corrected chi connectivity index (χ0v) is 12.6. The monoisotopic (exact) mass is 298 g/mol. The largest absolute Gasteiger partial charge is 0.466 e. The van der Waals surface area contributed by atoms with Crippen LogP contribution in [0.3, 0.4) is 0 Å². The lowest BCUT2D eigenvalue weighted by Crippen LogP contribution is -2.22. The van der Waals surface area contributed by atoms with Gasteiger partial charge >= 0.3 is 11.9 Å². The van der Waals surface area contributed by atoms with Crippen molar-refractivity contribution < 1.29 is 23.6 Å². The molecule has 0 aliphatic heterocycles. The summed E-state index contributed by atoms with van der Waals surface area (Å²) in [6.45, 7) is 3.79. The van der Waals surface area contributed by atoms with Gasteiger partial charge in [0.2, 0.25) is 0 Å². The Morgan fingerprint density at radius 3 is 1.80 bits per heavy atom. The van der Waals surface area contributed by atoms with E-state index in [1.807, 2.05) is 0 Å². The Morgan fingerprint density at radius 2 is 1.40 bits per heavy atom. The van der Waals surface area contributed by atoms with E-state index in [1.165, 1.54) is 0 Å². The Labute approximate surface area is 118 Å². The molecule has 0 heterocycles. The standard InChI is InChI=1S/C14H19O5P/c1-3-18-13(15)10-20(17,11-14(16)19-4-2)12-8-6-5-7-9-12/h5-9H,3-4,10-11H2,1-2H3. The second-order valence-electron chi connectivity index (χ2n) is 4.15. The molecule has 0 radical (unpaired) electrons. The van der Waals surface area contributed by atoms with E-state index in [0.717, 1.165) is 0 Å². The SMILES string of the molecule is CCOC(=O)CP(=O)(CC(=O)OCC)c1ccccc1. The van der Waals surface area contributed by atoms with E-state index in [-0.39, 0.29) is 25.5 Å². The molecule has 0 aliphatic carbocycles. The van der Waals surface area contributed by atoms with Crippen molar-refractivity contribution in [3.8, 4) is 0 Å². The molecule has 20 heavy (non-hydrogen) atoms. The summed E-state index contributed by atoms with van der Waals surface area (Å²) in [5.74, 6) is -1.13. The van der Waals surface area contributed by atoms with E-state index in [2.05, 4.69) is 0 Å². The third kappa shape index (κ3) is 4.82. The van der Waals surface area contributed by atoms with E-state index in [0.29, 0.717) is 5.30 Å². The molecule has 0 saturated carbocycles. The van der Waals surface area contributed by atoms with E-state index >= 15 is 0 Å². The van der Waals surface area contributed by atoms with Crippen LogP contribution in [-0.4, -0.2) is 37.5 Å². The van der Waals surface area contributed by atoms with Crippen molar-refractivity contribution in [1.82, 2.24) is 0 Å². The molecule has 0 saturated heterocycles. The predicted molar refractivity (Wildman–Crippen MR) is 76.7 cm³/mol. The van der Waals surface area contributed by atoms with Gasteiger partial charge in [-0.05, 0) is 13.8 Å². The maximum atomic E-state index is 13.0. The van der Waals surface area contributed by atoms with Gasteiger partial charge in [-0.25, -0.2) is 0 Å². The summed E-state index contributed by atoms with van der Waals surface area (Å²) in [7, 11) is -3.19. The minimum absolute atomic E-state index is 0.215. The molecule has 5 nitrogen and oxygen atoms in total. The average Bonchev–Trinajstić information content (AvgIpc) is 2.40. The van der Waals surface area contributed by atoms with Gasteiger partial charge in [0.25, 0.3) is 0 Å². The van der Waals surface area contributed by atoms with Crippen molar-refractivity contribution in [2.24, 2.45) is 0 Å². The lowest BCUT2D eigenvalue weighted by atomic mass is 10.4. The van der Waals surface area contributed by atoms with Gasteiger partial charge in [-0.3, -0.25) is 9.59 Å². The van der Waals surface area contributed by atoms with Crippen molar-refractivity contribution in [1.29, 1.82) is 0 Å². The van der Waals surface area contributed by atoms with Gasteiger partial charge in [0.1, 0.15) is 19.5 Å². The summed E-state index contributed by atoms with van der Waals surface area (Å²) in [5.41, 5.74) is 0. The topological polar surface area (TPSA) is 69.7 Å². The lowest BCUT2D eigenvalue weighted by molar-refractivity contribution is -0.140. The van der Waals surface area contributed by atoms with Crippen molar-refractivity contribution >= 4 is 24.4 Å². The molecular weight excluding hydrogens is 279 g/mol. The normalized spacial score (nSPS) is 10.9. The quantitative estimate of drug-likeness (QED) is 0.567. The Balaban J connectivity index is 2.97. The molecule has 0 amide bonds. The van der Waals surface area contributed by atoms with Gasteiger partial charge in [0.05, 0.1) is 13.2 Å². The first-order chi connectivity index (χ1) is 9.51. The van der Waals surface area contributed by atoms with Crippen molar-refractivity contribution in [3.05, 3.63) is 30.3 Å². The third-order valence-corrected chi connectivity index (χ3v) is 5.38. The number of hydrogen-bond acceptors (Lipinski definition) is 5. The van der Waals surface area contributed by atoms with Gasteiger partial charge in [-0.1, -0.05) is 30.3 Å². The molecule has 6 heteroatoms. The number of carbonyl (C=O) groups excluding carboxylic acids is 2. The fraction of sp³-hybridized carbons (Fsp3) is 0.429. The molecule has 0 spiro atoms. The molecular formula is C14H19O5P. The van der Waals surface area contributed by atoms with Gasteiger partial charge in [0.15, 0.2) is 0 Å². The molecule has 1 rings (SSSR count). The second-order valence-corrected chi connectivity index (χ2v) is 7.08. The van der Waals surface area contributed by atoms with E-state index in [9.17, 15) is 14.2 Å². The Hall–Kier alpha value is -1.61. The molecule has 0 aliphatic rings. The zero-order valence-electron chi connectivity index (χ0n) is 11.7. The highest BCUT2D eigenvalue weighted by molar-refractivity contribution is 7.73. The van der Waals surface area contributed by atoms with E-state index in [1.54, 1.807) is 44.2 Å². The summed E-state index contributed by atoms with van der Waals surface area (Å²) in [6, 6.07) is 8.53. The van der Waals surface area contributed by atoms with Crippen LogP contribution < -0.4 is 5.30 Å². The van der Waals surface area contributed by atoms with Crippen LogP contribution in [-0.2, 0) is 23.6 Å². The number of carbonyl (C=O) groups is 2. The highest BCUT2D eigenvalue weighted by Gasteiger charge is 2.32. The molecule has 0 fully saturated rings. The Kier molecular flexibility index (Phi) is 6.46. The van der Waals surface area contributed by atoms with Crippen molar-refractivity contribution in [3.63, 3.8) is 0 Å². The highest BCUT2D eigenvalue weighted by Crippen LogP contribution is 2.44. The number of rotatable bonds is 7. The van der Waals surface area contributed by atoms with Gasteiger partial charge < -0.3 is 14.0 Å². The van der Waals surface area contributed by atoms with Crippen LogP contribution in [0.25, 0.3) is 0 Å². The Morgan fingerprint density at radius 1 is 0.950 bits per heavy atom. The molecule has 0 bridgehead atoms. The molecule has 1 aromatic carbocycles. The number of ether oxygens (including phenoxy) is 2. The minimum Gasteiger partial charge on any atom is -0.466 e. The van der Waals surface area contributed by atoms with Crippen LogP contribution in [0.4, 0.5) is 0 Å². The number of benzene rings is 1. The predicted octanol–water partition coefficient (Wildman–Crippen LogP) is 1.80. The first-order valence-corrected chi connectivity index (χ1v) is 8.54. The second kappa shape index (κ2) is 7.85. The summed E-state index contributed by atoms with van der Waals surface area (Å²) < 4.78 is 22.7. The van der Waals surface area contributed by atoms with Gasteiger partial charge in [-0.15, -0.1) is 0 Å². The summed E-state index contributed by atoms with van der Waals surface area (Å²) >= 11 is 0. The molecule has 1 aromatic rings. The average molecular weight is 298 g/mol. The van der Waals surface area contributed by atoms with Crippen molar-refractivity contribution in [2.45, 2.75) is 13.8 Å². The molecule has 0 atom stereocenters. The lowest BCUT2D eigenvalue weighted by Gasteiger charge is -2.17. The first kappa shape index (κ1) is 16.4. The Bertz CT molecular complexity index is 474. The van der Waals surface area contributed by atoms with E-state index < -0.39 is 19.1 Å². The highest BCUT2D eigenvalue weighted by atomic mass is 31.2. The number of esters is 2. The number of hydrogen-bond donors (Lipinski definition) is 0. The van der Waals surface area contributed by atoms with E-state index in [4.69, 9.17) is 9.47 Å². The van der Waals surface area contributed by atoms with Gasteiger partial charge in [-0.2, -0.15) is 0 Å². The zero-order chi connectivity index (χ0) is 15.0. The van der Waals surface area contributed by atoms with Crippen LogP contribution >= 0.6 is 7.14 Å². The smallest absolute Gasteiger partial charge is 0.313 e. The minimum atomic E-state index is -3.19. The summed E-state index contributed by atoms with van der Waals surface area (Å²) in [5, 5.41) is 0.487. The van der Waals surface area contributed by atoms with Crippen LogP contribution in [0.1, 0.15) is 13.8 Å². The fourth-order valence-corrected chi connectivity index (χ4v) is 3.98. The maximum Gasteiger partial charge on any atom is 0.313 e. The third-order valence-electron chi connectivity index (χ3n) is 2.61. The molecule has 0 aromatic heterocycles. The van der Waals surface area contributed by atoms with Crippen molar-refractivity contribution in [2.75, 3.05) is 25.5 Å². The van der Waals surface area contributed by atoms with Crippen LogP contribution in [0.2, 0.25) is 0 Å². The van der Waals surface area contributed by atoms with Gasteiger partial charge in [0, 0.05) is 5.30 Å².